The lowest BCUT2D eigenvalue weighted by molar-refractivity contribution is 0.00808. The Morgan fingerprint density at radius 1 is 1.30 bits per heavy atom. The zero-order valence-corrected chi connectivity index (χ0v) is 14.9. The molecule has 0 radical (unpaired) electrons. The Kier molecular flexibility index (Phi) is 6.38. The molecule has 0 spiro atoms. The molecule has 0 aliphatic rings. The molecule has 0 saturated carbocycles. The lowest BCUT2D eigenvalue weighted by Gasteiger charge is -2.23. The van der Waals surface area contributed by atoms with Crippen molar-refractivity contribution >= 4 is 16.5 Å². The van der Waals surface area contributed by atoms with E-state index in [0.29, 0.717) is 11.7 Å². The molecule has 2 rings (SSSR count). The molecular weight excluding hydrogens is 312 g/mol. The summed E-state index contributed by atoms with van der Waals surface area (Å²) in [7, 11) is 3.38. The smallest absolute Gasteiger partial charge is 0.180 e. The summed E-state index contributed by atoms with van der Waals surface area (Å²) in [5.41, 5.74) is 8.51. The molecule has 6 heteroatoms. The average Bonchev–Trinajstić information content (AvgIpc) is 2.99. The molecule has 0 aliphatic carbocycles. The van der Waals surface area contributed by atoms with Gasteiger partial charge in [-0.1, -0.05) is 12.1 Å². The molecule has 0 fully saturated rings. The van der Waals surface area contributed by atoms with Gasteiger partial charge in [-0.25, -0.2) is 4.98 Å². The molecule has 126 valence electrons. The summed E-state index contributed by atoms with van der Waals surface area (Å²) in [5.74, 6) is 0.777. The Morgan fingerprint density at radius 3 is 2.65 bits per heavy atom. The van der Waals surface area contributed by atoms with E-state index in [-0.39, 0.29) is 12.2 Å². The minimum Gasteiger partial charge on any atom is -0.496 e. The van der Waals surface area contributed by atoms with Gasteiger partial charge in [0.15, 0.2) is 5.13 Å². The number of nitrogens with zero attached hydrogens (tertiary/aromatic N) is 1. The van der Waals surface area contributed by atoms with E-state index in [1.165, 1.54) is 11.3 Å². The van der Waals surface area contributed by atoms with Crippen molar-refractivity contribution in [1.82, 2.24) is 4.98 Å². The third kappa shape index (κ3) is 4.22. The predicted molar refractivity (Wildman–Crippen MR) is 94.0 cm³/mol. The lowest BCUT2D eigenvalue weighted by Crippen LogP contribution is -2.15. The zero-order valence-electron chi connectivity index (χ0n) is 14.0. The summed E-state index contributed by atoms with van der Waals surface area (Å²) in [6, 6.07) is 6.01. The third-order valence-corrected chi connectivity index (χ3v) is 4.38. The second-order valence-corrected chi connectivity index (χ2v) is 6.11. The standard InChI is InChI=1S/C17H24N2O3S/c1-5-22-15(9-11(2)20-3)13-8-6-7-12(16(13)21-4)14-10-23-17(18)19-14/h6-8,10-11,15H,5,9H2,1-4H3,(H2,18,19). The number of hydrogen-bond donors (Lipinski definition) is 1. The Morgan fingerprint density at radius 2 is 2.09 bits per heavy atom. The number of ether oxygens (including phenoxy) is 3. The van der Waals surface area contributed by atoms with Gasteiger partial charge >= 0.3 is 0 Å². The number of methoxy groups -OCH3 is 2. The maximum atomic E-state index is 5.94. The maximum Gasteiger partial charge on any atom is 0.180 e. The topological polar surface area (TPSA) is 66.6 Å². The average molecular weight is 336 g/mol. The van der Waals surface area contributed by atoms with Crippen LogP contribution in [0.25, 0.3) is 11.3 Å². The number of nitrogen functional groups attached to an aromatic ring is 1. The molecule has 1 aromatic heterocycles. The highest BCUT2D eigenvalue weighted by molar-refractivity contribution is 7.13. The van der Waals surface area contributed by atoms with Crippen molar-refractivity contribution in [3.63, 3.8) is 0 Å². The molecule has 5 nitrogen and oxygen atoms in total. The van der Waals surface area contributed by atoms with Crippen LogP contribution in [0, 0.1) is 0 Å². The van der Waals surface area contributed by atoms with Gasteiger partial charge in [0.1, 0.15) is 5.75 Å². The second kappa shape index (κ2) is 8.29. The number of benzene rings is 1. The summed E-state index contributed by atoms with van der Waals surface area (Å²) in [5, 5.41) is 2.48. The number of thiazole rings is 1. The maximum absolute atomic E-state index is 5.94. The van der Waals surface area contributed by atoms with Gasteiger partial charge in [-0.15, -0.1) is 11.3 Å². The molecule has 0 amide bonds. The highest BCUT2D eigenvalue weighted by Crippen LogP contribution is 2.39. The first-order valence-corrected chi connectivity index (χ1v) is 8.51. The summed E-state index contributed by atoms with van der Waals surface area (Å²) < 4.78 is 17.0. The molecule has 23 heavy (non-hydrogen) atoms. The molecule has 2 unspecified atom stereocenters. The van der Waals surface area contributed by atoms with E-state index in [0.717, 1.165) is 29.0 Å². The number of nitrogens with two attached hydrogens (primary N) is 1. The van der Waals surface area contributed by atoms with Crippen LogP contribution < -0.4 is 10.5 Å². The van der Waals surface area contributed by atoms with Gasteiger partial charge in [0.25, 0.3) is 0 Å². The molecule has 1 aromatic carbocycles. The van der Waals surface area contributed by atoms with E-state index in [1.807, 2.05) is 37.4 Å². The van der Waals surface area contributed by atoms with E-state index in [1.54, 1.807) is 14.2 Å². The lowest BCUT2D eigenvalue weighted by atomic mass is 9.98. The van der Waals surface area contributed by atoms with Crippen LogP contribution in [-0.2, 0) is 9.47 Å². The third-order valence-electron chi connectivity index (χ3n) is 3.71. The fraction of sp³-hybridized carbons (Fsp3) is 0.471. The SMILES string of the molecule is CCOC(CC(C)OC)c1cccc(-c2csc(N)n2)c1OC. The first-order chi connectivity index (χ1) is 11.1. The highest BCUT2D eigenvalue weighted by Gasteiger charge is 2.22. The Hall–Kier alpha value is -1.63. The van der Waals surface area contributed by atoms with Crippen LogP contribution in [0.15, 0.2) is 23.6 Å². The molecule has 0 saturated heterocycles. The van der Waals surface area contributed by atoms with Crippen LogP contribution in [0.4, 0.5) is 5.13 Å². The largest absolute Gasteiger partial charge is 0.496 e. The van der Waals surface area contributed by atoms with Crippen molar-refractivity contribution in [2.75, 3.05) is 26.6 Å². The fourth-order valence-corrected chi connectivity index (χ4v) is 3.10. The van der Waals surface area contributed by atoms with Crippen molar-refractivity contribution in [1.29, 1.82) is 0 Å². The molecule has 0 bridgehead atoms. The van der Waals surface area contributed by atoms with Crippen molar-refractivity contribution in [3.8, 4) is 17.0 Å². The van der Waals surface area contributed by atoms with E-state index < -0.39 is 0 Å². The number of hydrogen-bond acceptors (Lipinski definition) is 6. The predicted octanol–water partition coefficient (Wildman–Crippen LogP) is 3.90. The van der Waals surface area contributed by atoms with Gasteiger partial charge in [0.2, 0.25) is 0 Å². The Balaban J connectivity index is 2.44. The molecule has 2 atom stereocenters. The second-order valence-electron chi connectivity index (χ2n) is 5.23. The quantitative estimate of drug-likeness (QED) is 0.792. The first kappa shape index (κ1) is 17.7. The van der Waals surface area contributed by atoms with E-state index in [9.17, 15) is 0 Å². The van der Waals surface area contributed by atoms with Crippen LogP contribution in [-0.4, -0.2) is 31.9 Å². The minimum atomic E-state index is -0.0965. The number of aromatic nitrogens is 1. The van der Waals surface area contributed by atoms with Gasteiger partial charge in [-0.3, -0.25) is 0 Å². The van der Waals surface area contributed by atoms with E-state index in [4.69, 9.17) is 19.9 Å². The van der Waals surface area contributed by atoms with Crippen LogP contribution in [0.2, 0.25) is 0 Å². The van der Waals surface area contributed by atoms with Crippen LogP contribution in [0.1, 0.15) is 31.9 Å². The zero-order chi connectivity index (χ0) is 16.8. The Labute approximate surface area is 141 Å². The fourth-order valence-electron chi connectivity index (χ4n) is 2.53. The van der Waals surface area contributed by atoms with E-state index in [2.05, 4.69) is 4.98 Å². The van der Waals surface area contributed by atoms with Crippen molar-refractivity contribution < 1.29 is 14.2 Å². The van der Waals surface area contributed by atoms with Gasteiger partial charge in [0.05, 0.1) is 25.0 Å². The van der Waals surface area contributed by atoms with Crippen molar-refractivity contribution in [2.45, 2.75) is 32.5 Å². The molecule has 1 heterocycles. The summed E-state index contributed by atoms with van der Waals surface area (Å²) >= 11 is 1.42. The van der Waals surface area contributed by atoms with Gasteiger partial charge in [-0.2, -0.15) is 0 Å². The Bertz CT molecular complexity index is 630. The summed E-state index contributed by atoms with van der Waals surface area (Å²) in [6.07, 6.45) is 0.749. The summed E-state index contributed by atoms with van der Waals surface area (Å²) in [6.45, 7) is 4.64. The van der Waals surface area contributed by atoms with Crippen LogP contribution >= 0.6 is 11.3 Å². The van der Waals surface area contributed by atoms with Crippen molar-refractivity contribution in [3.05, 3.63) is 29.1 Å². The number of rotatable bonds is 8. The van der Waals surface area contributed by atoms with Crippen LogP contribution in [0.5, 0.6) is 5.75 Å². The number of para-hydroxylation sites is 1. The van der Waals surface area contributed by atoms with E-state index >= 15 is 0 Å². The normalized spacial score (nSPS) is 13.7. The molecular formula is C17H24N2O3S. The first-order valence-electron chi connectivity index (χ1n) is 7.63. The molecule has 2 aromatic rings. The highest BCUT2D eigenvalue weighted by atomic mass is 32.1. The monoisotopic (exact) mass is 336 g/mol. The minimum absolute atomic E-state index is 0.0924. The van der Waals surface area contributed by atoms with Gasteiger partial charge < -0.3 is 19.9 Å². The number of anilines is 1. The summed E-state index contributed by atoms with van der Waals surface area (Å²) in [4.78, 5) is 4.36. The van der Waals surface area contributed by atoms with Crippen molar-refractivity contribution in [2.24, 2.45) is 0 Å². The van der Waals surface area contributed by atoms with Crippen LogP contribution in [0.3, 0.4) is 0 Å². The molecule has 2 N–H and O–H groups in total. The van der Waals surface area contributed by atoms with Gasteiger partial charge in [0, 0.05) is 36.6 Å². The molecule has 0 aliphatic heterocycles. The van der Waals surface area contributed by atoms with Gasteiger partial charge in [-0.05, 0) is 19.9 Å².